The zero-order chi connectivity index (χ0) is 18.1. The van der Waals surface area contributed by atoms with E-state index in [4.69, 9.17) is 4.74 Å². The van der Waals surface area contributed by atoms with Crippen molar-refractivity contribution in [3.63, 3.8) is 0 Å². The van der Waals surface area contributed by atoms with Crippen LogP contribution >= 0.6 is 0 Å². The van der Waals surface area contributed by atoms with Crippen molar-refractivity contribution in [3.05, 3.63) is 29.8 Å². The average molecular weight is 334 g/mol. The lowest BCUT2D eigenvalue weighted by Crippen LogP contribution is -2.49. The number of ether oxygens (including phenoxy) is 1. The Kier molecular flexibility index (Phi) is 8.30. The Bertz CT molecular complexity index is 528. The van der Waals surface area contributed by atoms with E-state index in [2.05, 4.69) is 5.32 Å². The third-order valence-electron chi connectivity index (χ3n) is 4.14. The zero-order valence-electron chi connectivity index (χ0n) is 15.5. The van der Waals surface area contributed by atoms with Gasteiger partial charge in [0.1, 0.15) is 11.8 Å². The molecule has 0 saturated carbocycles. The highest BCUT2D eigenvalue weighted by atomic mass is 16.5. The van der Waals surface area contributed by atoms with E-state index in [1.165, 1.54) is 0 Å². The van der Waals surface area contributed by atoms with Gasteiger partial charge in [-0.3, -0.25) is 9.59 Å². The van der Waals surface area contributed by atoms with Crippen molar-refractivity contribution in [2.24, 2.45) is 0 Å². The monoisotopic (exact) mass is 334 g/mol. The molecule has 0 unspecified atom stereocenters. The second kappa shape index (κ2) is 9.96. The molecule has 1 aromatic carbocycles. The van der Waals surface area contributed by atoms with Crippen LogP contribution in [0.4, 0.5) is 0 Å². The zero-order valence-corrected chi connectivity index (χ0v) is 15.5. The lowest BCUT2D eigenvalue weighted by molar-refractivity contribution is -0.140. The van der Waals surface area contributed by atoms with Crippen molar-refractivity contribution in [3.8, 4) is 5.75 Å². The normalized spacial score (nSPS) is 13.0. The van der Waals surface area contributed by atoms with E-state index in [1.807, 2.05) is 45.0 Å². The summed E-state index contributed by atoms with van der Waals surface area (Å²) in [4.78, 5) is 26.6. The second-order valence-electron chi connectivity index (χ2n) is 6.11. The molecule has 0 heterocycles. The van der Waals surface area contributed by atoms with Gasteiger partial charge in [-0.05, 0) is 44.4 Å². The molecule has 0 aliphatic rings. The molecule has 0 saturated heterocycles. The van der Waals surface area contributed by atoms with Crippen LogP contribution in [0.15, 0.2) is 24.3 Å². The molecule has 0 fully saturated rings. The summed E-state index contributed by atoms with van der Waals surface area (Å²) < 4.78 is 5.16. The van der Waals surface area contributed by atoms with Crippen molar-refractivity contribution < 1.29 is 14.3 Å². The van der Waals surface area contributed by atoms with Crippen LogP contribution in [-0.4, -0.2) is 35.9 Å². The quantitative estimate of drug-likeness (QED) is 0.755. The minimum Gasteiger partial charge on any atom is -0.497 e. The summed E-state index contributed by atoms with van der Waals surface area (Å²) in [6.07, 6.45) is 2.06. The number of nitrogens with zero attached hydrogens (tertiary/aromatic N) is 1. The number of benzene rings is 1. The van der Waals surface area contributed by atoms with Crippen LogP contribution in [0.1, 0.15) is 52.5 Å². The maximum Gasteiger partial charge on any atom is 0.242 e. The van der Waals surface area contributed by atoms with Crippen LogP contribution in [0, 0.1) is 0 Å². The minimum atomic E-state index is -0.500. The van der Waals surface area contributed by atoms with Crippen LogP contribution in [0.2, 0.25) is 0 Å². The number of carbonyl (C=O) groups is 2. The van der Waals surface area contributed by atoms with Crippen molar-refractivity contribution in [1.82, 2.24) is 10.2 Å². The maximum atomic E-state index is 12.5. The predicted octanol–water partition coefficient (Wildman–Crippen LogP) is 3.13. The fourth-order valence-electron chi connectivity index (χ4n) is 2.33. The first-order valence-corrected chi connectivity index (χ1v) is 8.65. The van der Waals surface area contributed by atoms with E-state index in [0.29, 0.717) is 13.0 Å². The van der Waals surface area contributed by atoms with E-state index in [-0.39, 0.29) is 17.9 Å². The predicted molar refractivity (Wildman–Crippen MR) is 95.8 cm³/mol. The lowest BCUT2D eigenvalue weighted by atomic mass is 10.1. The first kappa shape index (κ1) is 20.0. The smallest absolute Gasteiger partial charge is 0.242 e. The van der Waals surface area contributed by atoms with E-state index >= 15 is 0 Å². The lowest BCUT2D eigenvalue weighted by Gasteiger charge is -2.29. The number of carbonyl (C=O) groups excluding carboxylic acids is 2. The van der Waals surface area contributed by atoms with Gasteiger partial charge in [0.2, 0.25) is 11.8 Å². The van der Waals surface area contributed by atoms with Crippen LogP contribution in [-0.2, 0) is 16.1 Å². The number of nitrogens with one attached hydrogen (secondary N) is 1. The Morgan fingerprint density at radius 3 is 2.29 bits per heavy atom. The van der Waals surface area contributed by atoms with Gasteiger partial charge in [0.15, 0.2) is 0 Å². The summed E-state index contributed by atoms with van der Waals surface area (Å²) in [5, 5.41) is 2.96. The SMILES string of the molecule is CCCC(=O)N(Cc1ccc(OC)cc1)[C@H](C)C(=O)N[C@H](C)CC. The molecule has 2 atom stereocenters. The van der Waals surface area contributed by atoms with Gasteiger partial charge in [-0.1, -0.05) is 26.0 Å². The van der Waals surface area contributed by atoms with Gasteiger partial charge in [-0.25, -0.2) is 0 Å². The van der Waals surface area contributed by atoms with Gasteiger partial charge in [0, 0.05) is 19.0 Å². The van der Waals surface area contributed by atoms with E-state index in [9.17, 15) is 9.59 Å². The highest BCUT2D eigenvalue weighted by molar-refractivity contribution is 5.87. The molecule has 0 aromatic heterocycles. The van der Waals surface area contributed by atoms with E-state index in [1.54, 1.807) is 18.9 Å². The van der Waals surface area contributed by atoms with Crippen molar-refractivity contribution in [2.75, 3.05) is 7.11 Å². The molecule has 134 valence electrons. The fraction of sp³-hybridized carbons (Fsp3) is 0.579. The first-order valence-electron chi connectivity index (χ1n) is 8.65. The summed E-state index contributed by atoms with van der Waals surface area (Å²) in [7, 11) is 1.62. The molecule has 1 aromatic rings. The van der Waals surface area contributed by atoms with Crippen LogP contribution in [0.3, 0.4) is 0 Å². The van der Waals surface area contributed by atoms with Crippen LogP contribution < -0.4 is 10.1 Å². The van der Waals surface area contributed by atoms with Gasteiger partial charge in [-0.2, -0.15) is 0 Å². The number of methoxy groups -OCH3 is 1. The van der Waals surface area contributed by atoms with Gasteiger partial charge >= 0.3 is 0 Å². The summed E-state index contributed by atoms with van der Waals surface area (Å²) in [6.45, 7) is 8.15. The van der Waals surface area contributed by atoms with Crippen molar-refractivity contribution in [1.29, 1.82) is 0 Å². The third kappa shape index (κ3) is 5.87. The fourth-order valence-corrected chi connectivity index (χ4v) is 2.33. The molecule has 0 radical (unpaired) electrons. The molecule has 0 aliphatic heterocycles. The summed E-state index contributed by atoms with van der Waals surface area (Å²) in [6, 6.07) is 7.17. The largest absolute Gasteiger partial charge is 0.497 e. The van der Waals surface area contributed by atoms with Gasteiger partial charge in [0.05, 0.1) is 7.11 Å². The Morgan fingerprint density at radius 1 is 1.17 bits per heavy atom. The molecule has 5 nitrogen and oxygen atoms in total. The number of amides is 2. The van der Waals surface area contributed by atoms with Gasteiger partial charge < -0.3 is 15.0 Å². The minimum absolute atomic E-state index is 0.000111. The maximum absolute atomic E-state index is 12.5. The summed E-state index contributed by atoms with van der Waals surface area (Å²) in [5.41, 5.74) is 0.975. The number of hydrogen-bond acceptors (Lipinski definition) is 3. The molecule has 0 aliphatic carbocycles. The Labute approximate surface area is 145 Å². The summed E-state index contributed by atoms with van der Waals surface area (Å²) >= 11 is 0. The Hall–Kier alpha value is -2.04. The molecular weight excluding hydrogens is 304 g/mol. The van der Waals surface area contributed by atoms with Gasteiger partial charge in [-0.15, -0.1) is 0 Å². The molecule has 0 bridgehead atoms. The average Bonchev–Trinajstić information content (AvgIpc) is 2.59. The molecule has 1 N–H and O–H groups in total. The standard InChI is InChI=1S/C19H30N2O3/c1-6-8-18(22)21(15(4)19(23)20-14(3)7-2)13-16-9-11-17(24-5)12-10-16/h9-12,14-15H,6-8,13H2,1-5H3,(H,20,23)/t14-,15-/m1/s1. The number of rotatable bonds is 9. The second-order valence-corrected chi connectivity index (χ2v) is 6.11. The highest BCUT2D eigenvalue weighted by Crippen LogP contribution is 2.16. The third-order valence-corrected chi connectivity index (χ3v) is 4.14. The molecule has 5 heteroatoms. The molecule has 0 spiro atoms. The topological polar surface area (TPSA) is 58.6 Å². The molecular formula is C19H30N2O3. The highest BCUT2D eigenvalue weighted by Gasteiger charge is 2.26. The van der Waals surface area contributed by atoms with Crippen molar-refractivity contribution >= 4 is 11.8 Å². The summed E-state index contributed by atoms with van der Waals surface area (Å²) in [5.74, 6) is 0.662. The van der Waals surface area contributed by atoms with Gasteiger partial charge in [0.25, 0.3) is 0 Å². The van der Waals surface area contributed by atoms with Crippen LogP contribution in [0.5, 0.6) is 5.75 Å². The van der Waals surface area contributed by atoms with E-state index in [0.717, 1.165) is 24.2 Å². The van der Waals surface area contributed by atoms with Crippen molar-refractivity contribution in [2.45, 2.75) is 65.6 Å². The Morgan fingerprint density at radius 2 is 1.79 bits per heavy atom. The first-order chi connectivity index (χ1) is 11.4. The Balaban J connectivity index is 2.89. The number of hydrogen-bond donors (Lipinski definition) is 1. The molecule has 24 heavy (non-hydrogen) atoms. The molecule has 2 amide bonds. The van der Waals surface area contributed by atoms with Crippen LogP contribution in [0.25, 0.3) is 0 Å². The molecule has 1 rings (SSSR count). The van der Waals surface area contributed by atoms with E-state index < -0.39 is 6.04 Å².